The highest BCUT2D eigenvalue weighted by molar-refractivity contribution is 5.94. The Morgan fingerprint density at radius 1 is 1.25 bits per heavy atom. The second kappa shape index (κ2) is 4.77. The number of aromatic nitrogens is 2. The number of carbonyl (C=O) groups excluding carboxylic acids is 1. The largest absolute Gasteiger partial charge is 0.355 e. The Hall–Kier alpha value is -2.69. The standard InChI is InChI=1S/C15H12FN3O/c1-17-15(20)10-6-7-13(11(16)8-10)19-9-18-12-4-2-3-5-14(12)19/h2-9H,1H3,(H,17,20). The van der Waals surface area contributed by atoms with E-state index >= 15 is 0 Å². The summed E-state index contributed by atoms with van der Waals surface area (Å²) in [5.41, 5.74) is 2.27. The number of carbonyl (C=O) groups is 1. The molecule has 0 atom stereocenters. The SMILES string of the molecule is CNC(=O)c1ccc(-n2cnc3ccccc32)c(F)c1. The number of hydrogen-bond acceptors (Lipinski definition) is 2. The Bertz CT molecular complexity index is 795. The third kappa shape index (κ3) is 1.93. The van der Waals surface area contributed by atoms with Gasteiger partial charge in [0.15, 0.2) is 0 Å². The lowest BCUT2D eigenvalue weighted by Gasteiger charge is -2.07. The maximum atomic E-state index is 14.2. The average molecular weight is 269 g/mol. The van der Waals surface area contributed by atoms with Crippen LogP contribution in [-0.4, -0.2) is 22.5 Å². The molecule has 2 aromatic carbocycles. The van der Waals surface area contributed by atoms with E-state index in [1.165, 1.54) is 13.1 Å². The van der Waals surface area contributed by atoms with Crippen molar-refractivity contribution in [3.05, 3.63) is 60.2 Å². The molecular formula is C15H12FN3O. The summed E-state index contributed by atoms with van der Waals surface area (Å²) in [5, 5.41) is 2.47. The second-order valence-corrected chi connectivity index (χ2v) is 4.35. The van der Waals surface area contributed by atoms with Gasteiger partial charge in [0, 0.05) is 12.6 Å². The van der Waals surface area contributed by atoms with Gasteiger partial charge in [-0.05, 0) is 30.3 Å². The highest BCUT2D eigenvalue weighted by atomic mass is 19.1. The fourth-order valence-corrected chi connectivity index (χ4v) is 2.14. The molecule has 0 fully saturated rings. The number of imidazole rings is 1. The molecule has 1 heterocycles. The lowest BCUT2D eigenvalue weighted by atomic mass is 10.2. The number of nitrogens with zero attached hydrogens (tertiary/aromatic N) is 2. The zero-order valence-corrected chi connectivity index (χ0v) is 10.8. The number of nitrogens with one attached hydrogen (secondary N) is 1. The number of hydrogen-bond donors (Lipinski definition) is 1. The van der Waals surface area contributed by atoms with Gasteiger partial charge in [-0.1, -0.05) is 12.1 Å². The fourth-order valence-electron chi connectivity index (χ4n) is 2.14. The highest BCUT2D eigenvalue weighted by Gasteiger charge is 2.11. The van der Waals surface area contributed by atoms with E-state index in [-0.39, 0.29) is 11.5 Å². The van der Waals surface area contributed by atoms with Crippen LogP contribution < -0.4 is 5.32 Å². The highest BCUT2D eigenvalue weighted by Crippen LogP contribution is 2.21. The number of amides is 1. The maximum absolute atomic E-state index is 14.2. The Morgan fingerprint density at radius 2 is 2.05 bits per heavy atom. The van der Waals surface area contributed by atoms with Crippen molar-refractivity contribution in [3.63, 3.8) is 0 Å². The van der Waals surface area contributed by atoms with Crippen LogP contribution in [0.2, 0.25) is 0 Å². The van der Waals surface area contributed by atoms with E-state index < -0.39 is 5.82 Å². The number of rotatable bonds is 2. The number of fused-ring (bicyclic) bond motifs is 1. The minimum Gasteiger partial charge on any atom is -0.355 e. The Kier molecular flexibility index (Phi) is 2.95. The molecule has 1 N–H and O–H groups in total. The van der Waals surface area contributed by atoms with Gasteiger partial charge in [0.1, 0.15) is 12.1 Å². The molecule has 100 valence electrons. The van der Waals surface area contributed by atoms with E-state index in [2.05, 4.69) is 10.3 Å². The average Bonchev–Trinajstić information content (AvgIpc) is 2.90. The number of benzene rings is 2. The van der Waals surface area contributed by atoms with Gasteiger partial charge in [-0.25, -0.2) is 9.37 Å². The van der Waals surface area contributed by atoms with Gasteiger partial charge in [-0.2, -0.15) is 0 Å². The monoisotopic (exact) mass is 269 g/mol. The Balaban J connectivity index is 2.13. The van der Waals surface area contributed by atoms with Crippen molar-refractivity contribution in [1.29, 1.82) is 0 Å². The van der Waals surface area contributed by atoms with Gasteiger partial charge in [0.05, 0.1) is 16.7 Å². The van der Waals surface area contributed by atoms with Crippen LogP contribution in [0.5, 0.6) is 0 Å². The minimum atomic E-state index is -0.464. The lowest BCUT2D eigenvalue weighted by molar-refractivity contribution is 0.0962. The molecule has 0 aliphatic heterocycles. The van der Waals surface area contributed by atoms with Crippen LogP contribution in [0.25, 0.3) is 16.7 Å². The molecule has 0 aliphatic rings. The lowest BCUT2D eigenvalue weighted by Crippen LogP contribution is -2.18. The quantitative estimate of drug-likeness (QED) is 0.777. The van der Waals surface area contributed by atoms with Crippen molar-refractivity contribution >= 4 is 16.9 Å². The molecular weight excluding hydrogens is 257 g/mol. The Morgan fingerprint density at radius 3 is 2.80 bits per heavy atom. The van der Waals surface area contributed by atoms with E-state index in [4.69, 9.17) is 0 Å². The van der Waals surface area contributed by atoms with Crippen molar-refractivity contribution in [3.8, 4) is 5.69 Å². The van der Waals surface area contributed by atoms with Crippen LogP contribution >= 0.6 is 0 Å². The summed E-state index contributed by atoms with van der Waals surface area (Å²) in [4.78, 5) is 15.7. The van der Waals surface area contributed by atoms with Crippen molar-refractivity contribution in [1.82, 2.24) is 14.9 Å². The number of para-hydroxylation sites is 2. The third-order valence-electron chi connectivity index (χ3n) is 3.15. The molecule has 0 aliphatic carbocycles. The van der Waals surface area contributed by atoms with Gasteiger partial charge in [0.2, 0.25) is 0 Å². The first-order valence-corrected chi connectivity index (χ1v) is 6.15. The summed E-state index contributed by atoms with van der Waals surface area (Å²) >= 11 is 0. The van der Waals surface area contributed by atoms with Gasteiger partial charge in [-0.15, -0.1) is 0 Å². The molecule has 1 amide bonds. The summed E-state index contributed by atoms with van der Waals surface area (Å²) in [6, 6.07) is 11.9. The summed E-state index contributed by atoms with van der Waals surface area (Å²) < 4.78 is 15.9. The first-order valence-electron chi connectivity index (χ1n) is 6.15. The van der Waals surface area contributed by atoms with Crippen LogP contribution in [0.15, 0.2) is 48.8 Å². The maximum Gasteiger partial charge on any atom is 0.251 e. The molecule has 3 aromatic rings. The topological polar surface area (TPSA) is 46.9 Å². The summed E-state index contributed by atoms with van der Waals surface area (Å²) in [5.74, 6) is -0.778. The van der Waals surface area contributed by atoms with Crippen molar-refractivity contribution in [2.45, 2.75) is 0 Å². The fraction of sp³-hybridized carbons (Fsp3) is 0.0667. The second-order valence-electron chi connectivity index (χ2n) is 4.35. The first-order chi connectivity index (χ1) is 9.70. The zero-order valence-electron chi connectivity index (χ0n) is 10.8. The summed E-state index contributed by atoms with van der Waals surface area (Å²) in [6.07, 6.45) is 1.57. The van der Waals surface area contributed by atoms with E-state index in [1.54, 1.807) is 23.0 Å². The molecule has 0 spiro atoms. The van der Waals surface area contributed by atoms with Gasteiger partial charge in [0.25, 0.3) is 5.91 Å². The third-order valence-corrected chi connectivity index (χ3v) is 3.15. The normalized spacial score (nSPS) is 10.7. The van der Waals surface area contributed by atoms with Crippen molar-refractivity contribution in [2.75, 3.05) is 7.05 Å². The van der Waals surface area contributed by atoms with Gasteiger partial charge >= 0.3 is 0 Å². The molecule has 0 saturated heterocycles. The van der Waals surface area contributed by atoms with Crippen molar-refractivity contribution < 1.29 is 9.18 Å². The van der Waals surface area contributed by atoms with E-state index in [0.29, 0.717) is 5.69 Å². The van der Waals surface area contributed by atoms with E-state index in [0.717, 1.165) is 11.0 Å². The molecule has 5 heteroatoms. The Labute approximate surface area is 114 Å². The molecule has 0 radical (unpaired) electrons. The summed E-state index contributed by atoms with van der Waals surface area (Å²) in [6.45, 7) is 0. The van der Waals surface area contributed by atoms with Crippen LogP contribution in [0.3, 0.4) is 0 Å². The van der Waals surface area contributed by atoms with E-state index in [9.17, 15) is 9.18 Å². The van der Waals surface area contributed by atoms with Gasteiger partial charge < -0.3 is 5.32 Å². The molecule has 1 aromatic heterocycles. The number of halogens is 1. The predicted octanol–water partition coefficient (Wildman–Crippen LogP) is 2.52. The molecule has 0 unspecified atom stereocenters. The minimum absolute atomic E-state index is 0.290. The van der Waals surface area contributed by atoms with E-state index in [1.807, 2.05) is 24.3 Å². The molecule has 3 rings (SSSR count). The molecule has 0 saturated carbocycles. The van der Waals surface area contributed by atoms with Crippen LogP contribution in [0, 0.1) is 5.82 Å². The summed E-state index contributed by atoms with van der Waals surface area (Å²) in [7, 11) is 1.51. The first kappa shape index (κ1) is 12.3. The zero-order chi connectivity index (χ0) is 14.1. The molecule has 0 bridgehead atoms. The molecule has 4 nitrogen and oxygen atoms in total. The smallest absolute Gasteiger partial charge is 0.251 e. The van der Waals surface area contributed by atoms with Gasteiger partial charge in [-0.3, -0.25) is 9.36 Å². The van der Waals surface area contributed by atoms with Crippen LogP contribution in [0.1, 0.15) is 10.4 Å². The predicted molar refractivity (Wildman–Crippen MR) is 74.4 cm³/mol. The van der Waals surface area contributed by atoms with Crippen molar-refractivity contribution in [2.24, 2.45) is 0 Å². The molecule has 20 heavy (non-hydrogen) atoms. The van der Waals surface area contributed by atoms with Crippen LogP contribution in [-0.2, 0) is 0 Å². The van der Waals surface area contributed by atoms with Crippen LogP contribution in [0.4, 0.5) is 4.39 Å².